The highest BCUT2D eigenvalue weighted by atomic mass is 16.5. The number of nitrogens with one attached hydrogen (secondary N) is 1. The van der Waals surface area contributed by atoms with Gasteiger partial charge in [0, 0.05) is 12.2 Å². The number of esters is 1. The van der Waals surface area contributed by atoms with Crippen molar-refractivity contribution in [3.05, 3.63) is 29.8 Å². The minimum Gasteiger partial charge on any atom is -0.465 e. The van der Waals surface area contributed by atoms with Gasteiger partial charge in [-0.1, -0.05) is 98.5 Å². The van der Waals surface area contributed by atoms with E-state index in [1.165, 1.54) is 64.9 Å². The third-order valence-electron chi connectivity index (χ3n) is 6.52. The molecule has 0 aliphatic carbocycles. The Labute approximate surface area is 192 Å². The highest BCUT2D eigenvalue weighted by molar-refractivity contribution is 5.90. The smallest absolute Gasteiger partial charge is 0.337 e. The Morgan fingerprint density at radius 1 is 0.806 bits per heavy atom. The van der Waals surface area contributed by atoms with E-state index >= 15 is 0 Å². The van der Waals surface area contributed by atoms with Gasteiger partial charge in [0.1, 0.15) is 0 Å². The summed E-state index contributed by atoms with van der Waals surface area (Å²) in [5.41, 5.74) is 1.58. The van der Waals surface area contributed by atoms with Crippen LogP contribution in [0.4, 0.5) is 5.69 Å². The molecule has 0 aliphatic rings. The van der Waals surface area contributed by atoms with Crippen LogP contribution in [-0.2, 0) is 4.74 Å². The van der Waals surface area contributed by atoms with Gasteiger partial charge in [-0.2, -0.15) is 0 Å². The van der Waals surface area contributed by atoms with Gasteiger partial charge in [-0.25, -0.2) is 4.79 Å². The molecule has 0 aromatic heterocycles. The number of carbonyl (C=O) groups is 1. The first-order valence-electron chi connectivity index (χ1n) is 12.7. The second kappa shape index (κ2) is 16.2. The molecular weight excluding hydrogens is 382 g/mol. The van der Waals surface area contributed by atoms with Crippen molar-refractivity contribution in [2.45, 2.75) is 98.8 Å². The molecule has 3 heteroatoms. The fraction of sp³-hybridized carbons (Fsp3) is 0.750. The average Bonchev–Trinajstić information content (AvgIpc) is 2.73. The molecule has 0 spiro atoms. The summed E-state index contributed by atoms with van der Waals surface area (Å²) in [6, 6.07) is 7.55. The number of hydrogen-bond acceptors (Lipinski definition) is 3. The van der Waals surface area contributed by atoms with Crippen LogP contribution in [0.1, 0.15) is 109 Å². The van der Waals surface area contributed by atoms with E-state index in [1.807, 2.05) is 18.2 Å². The van der Waals surface area contributed by atoms with Gasteiger partial charge in [0.15, 0.2) is 0 Å². The number of anilines is 1. The van der Waals surface area contributed by atoms with Crippen molar-refractivity contribution in [1.82, 2.24) is 0 Å². The minimum atomic E-state index is -0.285. The summed E-state index contributed by atoms with van der Waals surface area (Å²) in [5, 5.41) is 3.45. The fourth-order valence-electron chi connectivity index (χ4n) is 4.27. The summed E-state index contributed by atoms with van der Waals surface area (Å²) in [7, 11) is 1.42. The third-order valence-corrected chi connectivity index (χ3v) is 6.52. The molecule has 3 unspecified atom stereocenters. The Morgan fingerprint density at radius 3 is 1.84 bits per heavy atom. The van der Waals surface area contributed by atoms with E-state index in [0.717, 1.165) is 42.3 Å². The Kier molecular flexibility index (Phi) is 14.4. The molecule has 0 fully saturated rings. The molecule has 0 aliphatic heterocycles. The second-order valence-corrected chi connectivity index (χ2v) is 10.3. The molecule has 1 aromatic rings. The maximum Gasteiger partial charge on any atom is 0.337 e. The van der Waals surface area contributed by atoms with Crippen LogP contribution in [0.15, 0.2) is 24.3 Å². The molecule has 0 heterocycles. The van der Waals surface area contributed by atoms with Crippen LogP contribution in [-0.4, -0.2) is 19.6 Å². The average molecular weight is 432 g/mol. The van der Waals surface area contributed by atoms with Crippen LogP contribution in [0.3, 0.4) is 0 Å². The SMILES string of the molecule is COC(=O)c1cccc(NCCC(C)CCCC(C)CCCC(C)CCCC(C)C)c1. The van der Waals surface area contributed by atoms with Crippen molar-refractivity contribution in [2.75, 3.05) is 19.0 Å². The van der Waals surface area contributed by atoms with Gasteiger partial charge in [-0.3, -0.25) is 0 Å². The predicted octanol–water partition coefficient (Wildman–Crippen LogP) is 8.35. The summed E-state index contributed by atoms with van der Waals surface area (Å²) in [6.07, 6.45) is 13.5. The Morgan fingerprint density at radius 2 is 1.32 bits per heavy atom. The molecule has 0 saturated carbocycles. The zero-order chi connectivity index (χ0) is 23.1. The molecule has 178 valence electrons. The summed E-state index contributed by atoms with van der Waals surface area (Å²) in [4.78, 5) is 11.6. The van der Waals surface area contributed by atoms with Gasteiger partial charge >= 0.3 is 5.97 Å². The molecule has 3 atom stereocenters. The highest BCUT2D eigenvalue weighted by Crippen LogP contribution is 2.23. The number of carbonyl (C=O) groups excluding carboxylic acids is 1. The lowest BCUT2D eigenvalue weighted by Gasteiger charge is -2.16. The lowest BCUT2D eigenvalue weighted by atomic mass is 9.91. The third kappa shape index (κ3) is 13.5. The van der Waals surface area contributed by atoms with Gasteiger partial charge in [0.25, 0.3) is 0 Å². The normalized spacial score (nSPS) is 14.3. The Balaban J connectivity index is 2.09. The molecule has 0 radical (unpaired) electrons. The van der Waals surface area contributed by atoms with Crippen molar-refractivity contribution in [3.8, 4) is 0 Å². The van der Waals surface area contributed by atoms with Crippen LogP contribution < -0.4 is 5.32 Å². The second-order valence-electron chi connectivity index (χ2n) is 10.3. The monoisotopic (exact) mass is 431 g/mol. The fourth-order valence-corrected chi connectivity index (χ4v) is 4.27. The molecule has 0 saturated heterocycles. The lowest BCUT2D eigenvalue weighted by molar-refractivity contribution is 0.0601. The van der Waals surface area contributed by atoms with Crippen molar-refractivity contribution >= 4 is 11.7 Å². The molecule has 0 amide bonds. The highest BCUT2D eigenvalue weighted by Gasteiger charge is 2.09. The van der Waals surface area contributed by atoms with Crippen LogP contribution in [0, 0.1) is 23.7 Å². The van der Waals surface area contributed by atoms with E-state index in [1.54, 1.807) is 6.07 Å². The van der Waals surface area contributed by atoms with Crippen LogP contribution in [0.2, 0.25) is 0 Å². The van der Waals surface area contributed by atoms with E-state index < -0.39 is 0 Å². The lowest BCUT2D eigenvalue weighted by Crippen LogP contribution is -2.08. The molecule has 1 rings (SSSR count). The van der Waals surface area contributed by atoms with E-state index in [9.17, 15) is 4.79 Å². The van der Waals surface area contributed by atoms with Crippen molar-refractivity contribution in [3.63, 3.8) is 0 Å². The zero-order valence-electron chi connectivity index (χ0n) is 21.2. The quantitative estimate of drug-likeness (QED) is 0.252. The minimum absolute atomic E-state index is 0.285. The standard InChI is InChI=1S/C28H49NO2/c1-22(2)11-7-12-23(3)13-8-14-24(4)15-9-16-25(5)19-20-29-27-18-10-17-26(21-27)28(30)31-6/h10,17-18,21-25,29H,7-9,11-16,19-20H2,1-6H3. The number of rotatable bonds is 17. The predicted molar refractivity (Wildman–Crippen MR) is 135 cm³/mol. The number of ether oxygens (including phenoxy) is 1. The van der Waals surface area contributed by atoms with Gasteiger partial charge in [0.05, 0.1) is 12.7 Å². The number of methoxy groups -OCH3 is 1. The van der Waals surface area contributed by atoms with Gasteiger partial charge < -0.3 is 10.1 Å². The molecule has 1 aromatic carbocycles. The summed E-state index contributed by atoms with van der Waals surface area (Å²) in [6.45, 7) is 12.8. The van der Waals surface area contributed by atoms with Crippen molar-refractivity contribution in [1.29, 1.82) is 0 Å². The first-order valence-corrected chi connectivity index (χ1v) is 12.7. The topological polar surface area (TPSA) is 38.3 Å². The Hall–Kier alpha value is -1.51. The first kappa shape index (κ1) is 27.5. The maximum absolute atomic E-state index is 11.6. The molecular formula is C28H49NO2. The summed E-state index contributed by atoms with van der Waals surface area (Å²) < 4.78 is 4.79. The molecule has 0 bridgehead atoms. The van der Waals surface area contributed by atoms with Crippen molar-refractivity contribution < 1.29 is 9.53 Å². The molecule has 1 N–H and O–H groups in total. The van der Waals surface area contributed by atoms with E-state index in [4.69, 9.17) is 4.74 Å². The number of benzene rings is 1. The molecule has 31 heavy (non-hydrogen) atoms. The largest absolute Gasteiger partial charge is 0.465 e. The summed E-state index contributed by atoms with van der Waals surface area (Å²) in [5.74, 6) is 3.04. The van der Waals surface area contributed by atoms with Gasteiger partial charge in [0.2, 0.25) is 0 Å². The van der Waals surface area contributed by atoms with Crippen molar-refractivity contribution in [2.24, 2.45) is 23.7 Å². The number of hydrogen-bond donors (Lipinski definition) is 1. The first-order chi connectivity index (χ1) is 14.8. The summed E-state index contributed by atoms with van der Waals surface area (Å²) >= 11 is 0. The van der Waals surface area contributed by atoms with Crippen LogP contribution in [0.5, 0.6) is 0 Å². The maximum atomic E-state index is 11.6. The Bertz CT molecular complexity index is 598. The van der Waals surface area contributed by atoms with Crippen LogP contribution in [0.25, 0.3) is 0 Å². The molecule has 3 nitrogen and oxygen atoms in total. The van der Waals surface area contributed by atoms with Gasteiger partial charge in [-0.15, -0.1) is 0 Å². The van der Waals surface area contributed by atoms with E-state index in [2.05, 4.69) is 39.9 Å². The van der Waals surface area contributed by atoms with E-state index in [0.29, 0.717) is 5.56 Å². The van der Waals surface area contributed by atoms with Gasteiger partial charge in [-0.05, 0) is 48.3 Å². The van der Waals surface area contributed by atoms with E-state index in [-0.39, 0.29) is 5.97 Å². The van der Waals surface area contributed by atoms with Crippen LogP contribution >= 0.6 is 0 Å². The zero-order valence-corrected chi connectivity index (χ0v) is 21.2.